The van der Waals surface area contributed by atoms with Gasteiger partial charge < -0.3 is 24.6 Å². The van der Waals surface area contributed by atoms with Crippen LogP contribution < -0.4 is 15.6 Å². The van der Waals surface area contributed by atoms with Gasteiger partial charge in [-0.3, -0.25) is 9.36 Å². The molecular weight excluding hydrogens is 620 g/mol. The number of pyridine rings is 1. The maximum Gasteiger partial charge on any atom is 0.261 e. The standard InChI is InChI=1S/C33H44N8O5S/c1-23-30(35-22-41(23)47(43,44)17-14-38(2)3)29-18-25-19-34-33(37-31(25)40(32(29)42)20-24-11-15-45-16-12-24)36-26-7-9-27(10-8-26)46-28-6-5-13-39(4)21-28/h7-10,18-19,22,24,28H,5-6,11-17,20-21H2,1-4H3,(H,34,36,37). The molecule has 2 aliphatic heterocycles. The minimum atomic E-state index is -3.66. The summed E-state index contributed by atoms with van der Waals surface area (Å²) in [7, 11) is 2.10. The Bertz CT molecular complexity index is 1870. The van der Waals surface area contributed by atoms with Gasteiger partial charge in [-0.15, -0.1) is 0 Å². The Labute approximate surface area is 275 Å². The highest BCUT2D eigenvalue weighted by molar-refractivity contribution is 7.89. The molecule has 5 heterocycles. The summed E-state index contributed by atoms with van der Waals surface area (Å²) in [6.45, 7) is 5.80. The van der Waals surface area contributed by atoms with Crippen molar-refractivity contribution in [3.63, 3.8) is 0 Å². The van der Waals surface area contributed by atoms with Crippen molar-refractivity contribution in [2.45, 2.75) is 45.3 Å². The third-order valence-corrected chi connectivity index (χ3v) is 10.6. The number of imidazole rings is 1. The summed E-state index contributed by atoms with van der Waals surface area (Å²) >= 11 is 0. The van der Waals surface area contributed by atoms with Gasteiger partial charge in [-0.2, -0.15) is 4.98 Å². The lowest BCUT2D eigenvalue weighted by atomic mass is 10.00. The molecule has 2 saturated heterocycles. The summed E-state index contributed by atoms with van der Waals surface area (Å²) in [4.78, 5) is 32.1. The minimum absolute atomic E-state index is 0.0696. The number of aromatic nitrogens is 5. The monoisotopic (exact) mass is 664 g/mol. The van der Waals surface area contributed by atoms with Crippen molar-refractivity contribution in [1.29, 1.82) is 0 Å². The van der Waals surface area contributed by atoms with E-state index in [9.17, 15) is 13.2 Å². The largest absolute Gasteiger partial charge is 0.489 e. The van der Waals surface area contributed by atoms with Crippen LogP contribution in [-0.2, 0) is 21.3 Å². The number of nitrogens with zero attached hydrogens (tertiary/aromatic N) is 7. The first-order valence-electron chi connectivity index (χ1n) is 16.2. The Morgan fingerprint density at radius 2 is 1.87 bits per heavy atom. The molecule has 6 rings (SSSR count). The first-order chi connectivity index (χ1) is 22.6. The quantitative estimate of drug-likeness (QED) is 0.253. The Morgan fingerprint density at radius 3 is 2.60 bits per heavy atom. The second-order valence-electron chi connectivity index (χ2n) is 12.9. The molecule has 1 N–H and O–H groups in total. The number of rotatable bonds is 11. The van der Waals surface area contributed by atoms with Crippen LogP contribution in [0.4, 0.5) is 11.6 Å². The van der Waals surface area contributed by atoms with Crippen LogP contribution in [0.3, 0.4) is 0 Å². The predicted octanol–water partition coefficient (Wildman–Crippen LogP) is 3.35. The van der Waals surface area contributed by atoms with Crippen LogP contribution in [-0.4, -0.2) is 108 Å². The number of piperidine rings is 1. The number of anilines is 2. The van der Waals surface area contributed by atoms with E-state index in [1.54, 1.807) is 23.8 Å². The van der Waals surface area contributed by atoms with Crippen LogP contribution in [0, 0.1) is 12.8 Å². The van der Waals surface area contributed by atoms with E-state index in [4.69, 9.17) is 14.5 Å². The van der Waals surface area contributed by atoms with Gasteiger partial charge >= 0.3 is 0 Å². The topological polar surface area (TPSA) is 137 Å². The number of benzene rings is 1. The average Bonchev–Trinajstić information content (AvgIpc) is 3.44. The number of likely N-dealkylation sites (tertiary alicyclic amines) is 1. The molecule has 1 aromatic carbocycles. The number of nitrogens with one attached hydrogen (secondary N) is 1. The Morgan fingerprint density at radius 1 is 1.11 bits per heavy atom. The van der Waals surface area contributed by atoms with Crippen molar-refractivity contribution in [2.75, 3.05) is 65.1 Å². The molecule has 47 heavy (non-hydrogen) atoms. The van der Waals surface area contributed by atoms with Gasteiger partial charge in [-0.1, -0.05) is 0 Å². The zero-order valence-electron chi connectivity index (χ0n) is 27.6. The summed E-state index contributed by atoms with van der Waals surface area (Å²) in [5.41, 5.74) is 2.05. The molecule has 0 spiro atoms. The zero-order valence-corrected chi connectivity index (χ0v) is 28.4. The SMILES string of the molecule is Cc1c(-c2cc3cnc(Nc4ccc(OC5CCCN(C)C5)cc4)nc3n(CC3CCOCC3)c2=O)ncn1S(=O)(=O)CCN(C)C. The van der Waals surface area contributed by atoms with Crippen LogP contribution in [0.25, 0.3) is 22.3 Å². The van der Waals surface area contributed by atoms with Crippen LogP contribution >= 0.6 is 0 Å². The first-order valence-corrected chi connectivity index (χ1v) is 17.8. The summed E-state index contributed by atoms with van der Waals surface area (Å²) in [6.07, 6.45) is 6.99. The fraction of sp³-hybridized carbons (Fsp3) is 0.515. The third-order valence-electron chi connectivity index (χ3n) is 8.92. The second-order valence-corrected chi connectivity index (χ2v) is 14.9. The summed E-state index contributed by atoms with van der Waals surface area (Å²) in [5.74, 6) is 1.34. The van der Waals surface area contributed by atoms with E-state index in [0.29, 0.717) is 60.2 Å². The number of hydrogen-bond donors (Lipinski definition) is 1. The van der Waals surface area contributed by atoms with Gasteiger partial charge in [0.25, 0.3) is 5.56 Å². The van der Waals surface area contributed by atoms with E-state index in [-0.39, 0.29) is 23.3 Å². The molecule has 0 amide bonds. The van der Waals surface area contributed by atoms with Crippen LogP contribution in [0.1, 0.15) is 31.4 Å². The molecule has 2 aliphatic rings. The van der Waals surface area contributed by atoms with E-state index < -0.39 is 10.0 Å². The summed E-state index contributed by atoms with van der Waals surface area (Å²) < 4.78 is 40.8. The van der Waals surface area contributed by atoms with Crippen molar-refractivity contribution in [2.24, 2.45) is 5.92 Å². The first kappa shape index (κ1) is 33.1. The van der Waals surface area contributed by atoms with Gasteiger partial charge in [0, 0.05) is 50.1 Å². The Hall–Kier alpha value is -3.85. The molecule has 0 aliphatic carbocycles. The molecule has 1 unspecified atom stereocenters. The minimum Gasteiger partial charge on any atom is -0.489 e. The van der Waals surface area contributed by atoms with Crippen molar-refractivity contribution in [1.82, 2.24) is 33.3 Å². The lowest BCUT2D eigenvalue weighted by molar-refractivity contribution is 0.0613. The second kappa shape index (κ2) is 14.1. The van der Waals surface area contributed by atoms with E-state index >= 15 is 0 Å². The zero-order chi connectivity index (χ0) is 33.1. The lowest BCUT2D eigenvalue weighted by Crippen LogP contribution is -2.38. The van der Waals surface area contributed by atoms with Crippen molar-refractivity contribution in [3.05, 3.63) is 58.9 Å². The molecule has 0 bridgehead atoms. The predicted molar refractivity (Wildman–Crippen MR) is 182 cm³/mol. The van der Waals surface area contributed by atoms with Crippen LogP contribution in [0.5, 0.6) is 5.75 Å². The smallest absolute Gasteiger partial charge is 0.261 e. The molecule has 13 nitrogen and oxygen atoms in total. The van der Waals surface area contributed by atoms with E-state index in [1.807, 2.05) is 43.3 Å². The summed E-state index contributed by atoms with van der Waals surface area (Å²) in [5, 5.41) is 3.93. The van der Waals surface area contributed by atoms with E-state index in [1.165, 1.54) is 10.3 Å². The molecule has 0 radical (unpaired) electrons. The highest BCUT2D eigenvalue weighted by atomic mass is 32.2. The van der Waals surface area contributed by atoms with Crippen molar-refractivity contribution < 1.29 is 17.9 Å². The van der Waals surface area contributed by atoms with E-state index in [2.05, 4.69) is 27.2 Å². The number of hydrogen-bond acceptors (Lipinski definition) is 11. The molecule has 14 heteroatoms. The fourth-order valence-electron chi connectivity index (χ4n) is 6.23. The maximum atomic E-state index is 14.2. The molecule has 3 aromatic heterocycles. The highest BCUT2D eigenvalue weighted by Crippen LogP contribution is 2.27. The highest BCUT2D eigenvalue weighted by Gasteiger charge is 2.24. The molecule has 2 fully saturated rings. The van der Waals surface area contributed by atoms with Gasteiger partial charge in [0.15, 0.2) is 0 Å². The third kappa shape index (κ3) is 7.67. The number of likely N-dealkylation sites (N-methyl/N-ethyl adjacent to an activating group) is 1. The average molecular weight is 665 g/mol. The maximum absolute atomic E-state index is 14.2. The van der Waals surface area contributed by atoms with Crippen molar-refractivity contribution >= 4 is 32.7 Å². The van der Waals surface area contributed by atoms with Crippen LogP contribution in [0.15, 0.2) is 47.7 Å². The molecular formula is C33H44N8O5S. The lowest BCUT2D eigenvalue weighted by Gasteiger charge is -2.30. The van der Waals surface area contributed by atoms with Crippen LogP contribution in [0.2, 0.25) is 0 Å². The Kier molecular flexibility index (Phi) is 9.92. The van der Waals surface area contributed by atoms with Gasteiger partial charge in [-0.05, 0) is 96.5 Å². The fourth-order valence-corrected chi connectivity index (χ4v) is 7.72. The number of ether oxygens (including phenoxy) is 2. The number of fused-ring (bicyclic) bond motifs is 1. The van der Waals surface area contributed by atoms with E-state index in [0.717, 1.165) is 50.2 Å². The normalized spacial score (nSPS) is 18.2. The molecule has 252 valence electrons. The van der Waals surface area contributed by atoms with Gasteiger partial charge in [0.1, 0.15) is 23.8 Å². The van der Waals surface area contributed by atoms with Crippen molar-refractivity contribution in [3.8, 4) is 17.0 Å². The molecule has 4 aromatic rings. The molecule has 0 saturated carbocycles. The van der Waals surface area contributed by atoms with Gasteiger partial charge in [0.05, 0.1) is 22.7 Å². The molecule has 1 atom stereocenters. The van der Waals surface area contributed by atoms with Gasteiger partial charge in [0.2, 0.25) is 16.0 Å². The Balaban J connectivity index is 1.31. The summed E-state index contributed by atoms with van der Waals surface area (Å²) in [6, 6.07) is 9.45. The van der Waals surface area contributed by atoms with Gasteiger partial charge in [-0.25, -0.2) is 22.4 Å².